The highest BCUT2D eigenvalue weighted by Gasteiger charge is 2.12. The first-order valence-electron chi connectivity index (χ1n) is 5.77. The van der Waals surface area contributed by atoms with E-state index < -0.39 is 0 Å². The molecule has 2 rings (SSSR count). The molecule has 0 aliphatic heterocycles. The van der Waals surface area contributed by atoms with Crippen LogP contribution in [0.3, 0.4) is 0 Å². The average Bonchev–Trinajstić information content (AvgIpc) is 2.31. The molecule has 0 bridgehead atoms. The van der Waals surface area contributed by atoms with E-state index in [4.69, 9.17) is 4.74 Å². The minimum absolute atomic E-state index is 0.158. The molecule has 0 spiro atoms. The molecule has 4 heteroatoms. The van der Waals surface area contributed by atoms with Gasteiger partial charge in [-0.25, -0.2) is 9.97 Å². The molecule has 0 atom stereocenters. The summed E-state index contributed by atoms with van der Waals surface area (Å²) in [5.41, 5.74) is 0. The van der Waals surface area contributed by atoms with Crippen LogP contribution in [-0.4, -0.2) is 14.7 Å². The predicted molar refractivity (Wildman–Crippen MR) is 74.2 cm³/mol. The third-order valence-electron chi connectivity index (χ3n) is 1.98. The number of para-hydroxylation sites is 1. The minimum atomic E-state index is 0.158. The van der Waals surface area contributed by atoms with Gasteiger partial charge in [0.2, 0.25) is 0 Å². The molecular weight excluding hydrogens is 244 g/mol. The summed E-state index contributed by atoms with van der Waals surface area (Å²) < 4.78 is 5.69. The molecule has 2 aromatic rings. The fourth-order valence-electron chi connectivity index (χ4n) is 1.36. The molecule has 0 radical (unpaired) electrons. The molecule has 0 saturated carbocycles. The molecule has 0 aliphatic carbocycles. The first kappa shape index (κ1) is 12.9. The Labute approximate surface area is 112 Å². The Bertz CT molecular complexity index is 491. The Balaban J connectivity index is 2.04. The van der Waals surface area contributed by atoms with Crippen LogP contribution in [0.1, 0.15) is 20.8 Å². The lowest BCUT2D eigenvalue weighted by atomic mass is 10.3. The van der Waals surface area contributed by atoms with E-state index in [2.05, 4.69) is 30.7 Å². The molecule has 0 fully saturated rings. The van der Waals surface area contributed by atoms with Crippen molar-refractivity contribution in [3.63, 3.8) is 0 Å². The van der Waals surface area contributed by atoms with Crippen LogP contribution in [0.25, 0.3) is 0 Å². The van der Waals surface area contributed by atoms with Gasteiger partial charge >= 0.3 is 6.01 Å². The predicted octanol–water partition coefficient (Wildman–Crippen LogP) is 4.16. The van der Waals surface area contributed by atoms with Gasteiger partial charge in [-0.1, -0.05) is 39.0 Å². The standard InChI is InChI=1S/C14H16N2OS/c1-14(2,3)18-12-9-15-13(16-10-12)17-11-7-5-4-6-8-11/h4-10H,1-3H3. The maximum absolute atomic E-state index is 5.53. The highest BCUT2D eigenvalue weighted by molar-refractivity contribution is 8.00. The molecule has 18 heavy (non-hydrogen) atoms. The van der Waals surface area contributed by atoms with Crippen molar-refractivity contribution in [2.24, 2.45) is 0 Å². The molecule has 0 unspecified atom stereocenters. The lowest BCUT2D eigenvalue weighted by Crippen LogP contribution is -2.06. The Morgan fingerprint density at radius 2 is 1.61 bits per heavy atom. The van der Waals surface area contributed by atoms with Crippen molar-refractivity contribution < 1.29 is 4.74 Å². The van der Waals surface area contributed by atoms with Crippen LogP contribution in [0.2, 0.25) is 0 Å². The van der Waals surface area contributed by atoms with Crippen molar-refractivity contribution >= 4 is 11.8 Å². The van der Waals surface area contributed by atoms with Crippen molar-refractivity contribution in [1.82, 2.24) is 9.97 Å². The zero-order chi connectivity index (χ0) is 13.0. The fourth-order valence-corrected chi connectivity index (χ4v) is 2.28. The average molecular weight is 260 g/mol. The number of ether oxygens (including phenoxy) is 1. The normalized spacial score (nSPS) is 11.3. The van der Waals surface area contributed by atoms with Crippen LogP contribution in [0.4, 0.5) is 0 Å². The summed E-state index contributed by atoms with van der Waals surface area (Å²) in [6, 6.07) is 9.90. The highest BCUT2D eigenvalue weighted by Crippen LogP contribution is 2.31. The van der Waals surface area contributed by atoms with Gasteiger partial charge in [0.25, 0.3) is 0 Å². The summed E-state index contributed by atoms with van der Waals surface area (Å²) in [6.45, 7) is 6.48. The number of hydrogen-bond acceptors (Lipinski definition) is 4. The second-order valence-corrected chi connectivity index (χ2v) is 6.73. The summed E-state index contributed by atoms with van der Waals surface area (Å²) in [7, 11) is 0. The topological polar surface area (TPSA) is 35.0 Å². The van der Waals surface area contributed by atoms with Gasteiger partial charge in [-0.15, -0.1) is 11.8 Å². The quantitative estimate of drug-likeness (QED) is 0.776. The first-order chi connectivity index (χ1) is 8.53. The van der Waals surface area contributed by atoms with Gasteiger partial charge in [-0.3, -0.25) is 0 Å². The number of aromatic nitrogens is 2. The van der Waals surface area contributed by atoms with E-state index in [-0.39, 0.29) is 4.75 Å². The van der Waals surface area contributed by atoms with E-state index in [1.54, 1.807) is 24.2 Å². The molecule has 0 saturated heterocycles. The second-order valence-electron chi connectivity index (χ2n) is 4.83. The molecule has 3 nitrogen and oxygen atoms in total. The highest BCUT2D eigenvalue weighted by atomic mass is 32.2. The smallest absolute Gasteiger partial charge is 0.321 e. The summed E-state index contributed by atoms with van der Waals surface area (Å²) in [5, 5.41) is 0. The SMILES string of the molecule is CC(C)(C)Sc1cnc(Oc2ccccc2)nc1. The van der Waals surface area contributed by atoms with Gasteiger partial charge in [0, 0.05) is 22.0 Å². The number of benzene rings is 1. The van der Waals surface area contributed by atoms with Crippen LogP contribution >= 0.6 is 11.8 Å². The maximum atomic E-state index is 5.53. The van der Waals surface area contributed by atoms with Crippen molar-refractivity contribution in [1.29, 1.82) is 0 Å². The van der Waals surface area contributed by atoms with Gasteiger partial charge in [0.1, 0.15) is 5.75 Å². The van der Waals surface area contributed by atoms with Crippen LogP contribution in [0, 0.1) is 0 Å². The van der Waals surface area contributed by atoms with E-state index in [1.807, 2.05) is 30.3 Å². The molecule has 0 N–H and O–H groups in total. The Morgan fingerprint density at radius 3 is 2.17 bits per heavy atom. The zero-order valence-corrected chi connectivity index (χ0v) is 11.6. The summed E-state index contributed by atoms with van der Waals surface area (Å²) >= 11 is 1.74. The maximum Gasteiger partial charge on any atom is 0.321 e. The minimum Gasteiger partial charge on any atom is -0.424 e. The number of hydrogen-bond donors (Lipinski definition) is 0. The van der Waals surface area contributed by atoms with E-state index in [9.17, 15) is 0 Å². The van der Waals surface area contributed by atoms with Gasteiger partial charge in [-0.05, 0) is 12.1 Å². The van der Waals surface area contributed by atoms with E-state index in [0.29, 0.717) is 6.01 Å². The molecular formula is C14H16N2OS. The summed E-state index contributed by atoms with van der Waals surface area (Å²) in [6.07, 6.45) is 3.59. The van der Waals surface area contributed by atoms with Gasteiger partial charge in [-0.2, -0.15) is 0 Å². The lowest BCUT2D eigenvalue weighted by molar-refractivity contribution is 0.440. The van der Waals surface area contributed by atoms with Gasteiger partial charge in [0.05, 0.1) is 0 Å². The zero-order valence-electron chi connectivity index (χ0n) is 10.8. The number of rotatable bonds is 3. The third kappa shape index (κ3) is 4.04. The van der Waals surface area contributed by atoms with Crippen LogP contribution in [0.15, 0.2) is 47.6 Å². The molecule has 0 amide bonds. The largest absolute Gasteiger partial charge is 0.424 e. The van der Waals surface area contributed by atoms with Crippen LogP contribution < -0.4 is 4.74 Å². The molecule has 1 aromatic heterocycles. The Kier molecular flexibility index (Phi) is 3.87. The Morgan fingerprint density at radius 1 is 1.00 bits per heavy atom. The molecule has 1 aromatic carbocycles. The number of nitrogens with zero attached hydrogens (tertiary/aromatic N) is 2. The Hall–Kier alpha value is -1.55. The molecule has 0 aliphatic rings. The summed E-state index contributed by atoms with van der Waals surface area (Å²) in [4.78, 5) is 9.45. The van der Waals surface area contributed by atoms with Crippen molar-refractivity contribution in [3.8, 4) is 11.8 Å². The molecule has 1 heterocycles. The summed E-state index contributed by atoms with van der Waals surface area (Å²) in [5.74, 6) is 0.744. The lowest BCUT2D eigenvalue weighted by Gasteiger charge is -2.16. The van der Waals surface area contributed by atoms with E-state index in [1.165, 1.54) is 0 Å². The van der Waals surface area contributed by atoms with Gasteiger partial charge in [0.15, 0.2) is 0 Å². The fraction of sp³-hybridized carbons (Fsp3) is 0.286. The first-order valence-corrected chi connectivity index (χ1v) is 6.58. The third-order valence-corrected chi connectivity index (χ3v) is 3.04. The monoisotopic (exact) mass is 260 g/mol. The van der Waals surface area contributed by atoms with Crippen molar-refractivity contribution in [2.75, 3.05) is 0 Å². The van der Waals surface area contributed by atoms with Crippen molar-refractivity contribution in [2.45, 2.75) is 30.4 Å². The van der Waals surface area contributed by atoms with Crippen LogP contribution in [-0.2, 0) is 0 Å². The van der Waals surface area contributed by atoms with E-state index in [0.717, 1.165) is 10.6 Å². The van der Waals surface area contributed by atoms with E-state index >= 15 is 0 Å². The molecule has 94 valence electrons. The second kappa shape index (κ2) is 5.40. The number of thioether (sulfide) groups is 1. The van der Waals surface area contributed by atoms with Gasteiger partial charge < -0.3 is 4.74 Å². The van der Waals surface area contributed by atoms with Crippen molar-refractivity contribution in [3.05, 3.63) is 42.7 Å². The van der Waals surface area contributed by atoms with Crippen LogP contribution in [0.5, 0.6) is 11.8 Å².